The van der Waals surface area contributed by atoms with Crippen molar-refractivity contribution >= 4 is 41.1 Å². The molecule has 1 saturated heterocycles. The van der Waals surface area contributed by atoms with Gasteiger partial charge in [0.2, 0.25) is 6.41 Å². The fourth-order valence-corrected chi connectivity index (χ4v) is 5.70. The lowest BCUT2D eigenvalue weighted by molar-refractivity contribution is -0.120. The first-order chi connectivity index (χ1) is 19.0. The average molecular weight is 549 g/mol. The van der Waals surface area contributed by atoms with Gasteiger partial charge in [0.1, 0.15) is 23.6 Å². The molecule has 10 heteroatoms. The molecule has 0 aliphatic carbocycles. The Morgan fingerprint density at radius 3 is 2.72 bits per heavy atom. The Bertz CT molecular complexity index is 1340. The molecule has 0 bridgehead atoms. The number of hydrogen-bond donors (Lipinski definition) is 1. The first-order valence-electron chi connectivity index (χ1n) is 13.2. The van der Waals surface area contributed by atoms with Crippen LogP contribution in [0.5, 0.6) is 5.75 Å². The van der Waals surface area contributed by atoms with Gasteiger partial charge in [-0.15, -0.1) is 0 Å². The third kappa shape index (κ3) is 5.78. The predicted octanol–water partition coefficient (Wildman–Crippen LogP) is 4.05. The smallest absolute Gasteiger partial charge is 0.277 e. The molecule has 3 heterocycles. The SMILES string of the molecule is CNc1ccc(OC)cc1CCN(C=O)C1CCN(c2cc(C(=O)N3CCc4cc(Cl)ccc43)ncn2)CC1. The van der Waals surface area contributed by atoms with E-state index in [9.17, 15) is 9.59 Å². The molecule has 5 rings (SSSR count). The number of benzene rings is 2. The molecular weight excluding hydrogens is 516 g/mol. The van der Waals surface area contributed by atoms with Crippen LogP contribution in [0.4, 0.5) is 17.2 Å². The van der Waals surface area contributed by atoms with Crippen LogP contribution in [0.15, 0.2) is 48.8 Å². The van der Waals surface area contributed by atoms with Crippen LogP contribution in [0.3, 0.4) is 0 Å². The third-order valence-electron chi connectivity index (χ3n) is 7.67. The lowest BCUT2D eigenvalue weighted by atomic mass is 10.0. The van der Waals surface area contributed by atoms with Crippen molar-refractivity contribution in [2.24, 2.45) is 0 Å². The summed E-state index contributed by atoms with van der Waals surface area (Å²) in [4.78, 5) is 39.9. The number of aromatic nitrogens is 2. The van der Waals surface area contributed by atoms with Crippen LogP contribution in [0.25, 0.3) is 0 Å². The molecule has 0 saturated carbocycles. The average Bonchev–Trinajstić information content (AvgIpc) is 3.40. The maximum atomic E-state index is 13.3. The van der Waals surface area contributed by atoms with E-state index in [4.69, 9.17) is 16.3 Å². The molecule has 1 fully saturated rings. The van der Waals surface area contributed by atoms with Gasteiger partial charge in [0, 0.05) is 61.7 Å². The normalized spacial score (nSPS) is 15.2. The van der Waals surface area contributed by atoms with Crippen molar-refractivity contribution in [2.45, 2.75) is 31.7 Å². The number of methoxy groups -OCH3 is 1. The molecule has 0 spiro atoms. The number of anilines is 3. The van der Waals surface area contributed by atoms with Gasteiger partial charge in [0.15, 0.2) is 0 Å². The molecule has 3 aromatic rings. The number of piperidine rings is 1. The van der Waals surface area contributed by atoms with Crippen molar-refractivity contribution < 1.29 is 14.3 Å². The summed E-state index contributed by atoms with van der Waals surface area (Å²) in [6.07, 6.45) is 5.57. The number of rotatable bonds is 9. The second-order valence-electron chi connectivity index (χ2n) is 9.83. The van der Waals surface area contributed by atoms with Gasteiger partial charge in [0.05, 0.1) is 7.11 Å². The molecule has 2 amide bonds. The molecule has 0 unspecified atom stereocenters. The molecule has 2 aliphatic heterocycles. The summed E-state index contributed by atoms with van der Waals surface area (Å²) in [5.41, 5.74) is 4.48. The molecule has 2 aromatic carbocycles. The minimum absolute atomic E-state index is 0.139. The van der Waals surface area contributed by atoms with Crippen molar-refractivity contribution in [1.82, 2.24) is 14.9 Å². The van der Waals surface area contributed by atoms with E-state index in [-0.39, 0.29) is 11.9 Å². The molecule has 0 radical (unpaired) electrons. The number of nitrogens with one attached hydrogen (secondary N) is 1. The van der Waals surface area contributed by atoms with Gasteiger partial charge >= 0.3 is 0 Å². The Kier molecular flexibility index (Phi) is 8.16. The lowest BCUT2D eigenvalue weighted by Gasteiger charge is -2.37. The second kappa shape index (κ2) is 11.9. The quantitative estimate of drug-likeness (QED) is 0.403. The molecule has 39 heavy (non-hydrogen) atoms. The standard InChI is InChI=1S/C29H33ClN6O3/c1-31-25-5-4-24(39-2)16-20(25)7-11-35(19-37)23-9-12-34(13-10-23)28-17-26(32-18-33-28)29(38)36-14-8-21-15-22(30)3-6-27(21)36/h3-6,15-19,23,31H,7-14H2,1-2H3. The monoisotopic (exact) mass is 548 g/mol. The van der Waals surface area contributed by atoms with E-state index in [1.165, 1.54) is 6.33 Å². The van der Waals surface area contributed by atoms with Crippen LogP contribution < -0.4 is 19.9 Å². The number of fused-ring (bicyclic) bond motifs is 1. The fraction of sp³-hybridized carbons (Fsp3) is 0.379. The van der Waals surface area contributed by atoms with Crippen LogP contribution in [-0.2, 0) is 17.6 Å². The predicted molar refractivity (Wildman–Crippen MR) is 153 cm³/mol. The maximum Gasteiger partial charge on any atom is 0.277 e. The number of amides is 2. The number of nitrogens with zero attached hydrogens (tertiary/aromatic N) is 5. The van der Waals surface area contributed by atoms with Gasteiger partial charge in [-0.3, -0.25) is 9.59 Å². The van der Waals surface area contributed by atoms with Crippen LogP contribution in [0.1, 0.15) is 34.5 Å². The largest absolute Gasteiger partial charge is 0.497 e. The zero-order valence-electron chi connectivity index (χ0n) is 22.3. The molecule has 1 aromatic heterocycles. The van der Waals surface area contributed by atoms with Gasteiger partial charge in [-0.05, 0) is 73.2 Å². The van der Waals surface area contributed by atoms with Crippen LogP contribution in [-0.4, -0.2) is 73.6 Å². The zero-order chi connectivity index (χ0) is 27.4. The highest BCUT2D eigenvalue weighted by atomic mass is 35.5. The van der Waals surface area contributed by atoms with E-state index in [0.717, 1.165) is 79.3 Å². The van der Waals surface area contributed by atoms with Gasteiger partial charge in [-0.2, -0.15) is 0 Å². The molecule has 1 N–H and O–H groups in total. The Hall–Kier alpha value is -3.85. The number of ether oxygens (including phenoxy) is 1. The van der Waals surface area contributed by atoms with Crippen molar-refractivity contribution in [2.75, 3.05) is 55.5 Å². The molecule has 0 atom stereocenters. The minimum atomic E-state index is -0.139. The van der Waals surface area contributed by atoms with Crippen molar-refractivity contribution in [3.05, 3.63) is 70.6 Å². The first kappa shape index (κ1) is 26.7. The summed E-state index contributed by atoms with van der Waals surface area (Å²) < 4.78 is 5.37. The number of carbonyl (C=O) groups is 2. The summed E-state index contributed by atoms with van der Waals surface area (Å²) in [5.74, 6) is 1.39. The van der Waals surface area contributed by atoms with Crippen LogP contribution in [0, 0.1) is 0 Å². The van der Waals surface area contributed by atoms with E-state index in [1.807, 2.05) is 42.3 Å². The van der Waals surface area contributed by atoms with E-state index in [0.29, 0.717) is 23.8 Å². The number of carbonyl (C=O) groups excluding carboxylic acids is 2. The third-order valence-corrected chi connectivity index (χ3v) is 7.90. The van der Waals surface area contributed by atoms with Crippen molar-refractivity contribution in [3.8, 4) is 5.75 Å². The highest BCUT2D eigenvalue weighted by Gasteiger charge is 2.28. The maximum absolute atomic E-state index is 13.3. The van der Waals surface area contributed by atoms with Gasteiger partial charge in [-0.1, -0.05) is 11.6 Å². The second-order valence-corrected chi connectivity index (χ2v) is 10.3. The lowest BCUT2D eigenvalue weighted by Crippen LogP contribution is -2.45. The van der Waals surface area contributed by atoms with Crippen LogP contribution in [0.2, 0.25) is 5.02 Å². The number of halogens is 1. The molecule has 204 valence electrons. The van der Waals surface area contributed by atoms with E-state index < -0.39 is 0 Å². The summed E-state index contributed by atoms with van der Waals surface area (Å²) in [5, 5.41) is 3.89. The Morgan fingerprint density at radius 2 is 1.97 bits per heavy atom. The Morgan fingerprint density at radius 1 is 1.15 bits per heavy atom. The summed E-state index contributed by atoms with van der Waals surface area (Å²) >= 11 is 6.12. The fourth-order valence-electron chi connectivity index (χ4n) is 5.50. The van der Waals surface area contributed by atoms with E-state index in [1.54, 1.807) is 24.1 Å². The highest BCUT2D eigenvalue weighted by Crippen LogP contribution is 2.32. The van der Waals surface area contributed by atoms with Gasteiger partial charge < -0.3 is 24.8 Å². The summed E-state index contributed by atoms with van der Waals surface area (Å²) in [7, 11) is 3.55. The molecule has 9 nitrogen and oxygen atoms in total. The Balaban J connectivity index is 1.20. The highest BCUT2D eigenvalue weighted by molar-refractivity contribution is 6.30. The molecular formula is C29H33ClN6O3. The first-order valence-corrected chi connectivity index (χ1v) is 13.6. The van der Waals surface area contributed by atoms with Crippen molar-refractivity contribution in [3.63, 3.8) is 0 Å². The van der Waals surface area contributed by atoms with Crippen molar-refractivity contribution in [1.29, 1.82) is 0 Å². The van der Waals surface area contributed by atoms with E-state index >= 15 is 0 Å². The zero-order valence-corrected chi connectivity index (χ0v) is 23.0. The summed E-state index contributed by atoms with van der Waals surface area (Å²) in [6, 6.07) is 13.5. The van der Waals surface area contributed by atoms with Gasteiger partial charge in [-0.25, -0.2) is 9.97 Å². The number of hydrogen-bond acceptors (Lipinski definition) is 7. The van der Waals surface area contributed by atoms with E-state index in [2.05, 4.69) is 20.2 Å². The molecule has 2 aliphatic rings. The topological polar surface area (TPSA) is 90.9 Å². The van der Waals surface area contributed by atoms with Crippen LogP contribution >= 0.6 is 11.6 Å². The van der Waals surface area contributed by atoms with Gasteiger partial charge in [0.25, 0.3) is 5.91 Å². The minimum Gasteiger partial charge on any atom is -0.497 e. The summed E-state index contributed by atoms with van der Waals surface area (Å²) in [6.45, 7) is 2.72. The Labute approximate surface area is 233 Å².